The van der Waals surface area contributed by atoms with E-state index < -0.39 is 0 Å². The average Bonchev–Trinajstić information content (AvgIpc) is 2.19. The van der Waals surface area contributed by atoms with Gasteiger partial charge < -0.3 is 4.74 Å². The molecule has 0 amide bonds. The van der Waals surface area contributed by atoms with Crippen molar-refractivity contribution in [1.82, 2.24) is 15.0 Å². The van der Waals surface area contributed by atoms with E-state index >= 15 is 0 Å². The first-order valence-electron chi connectivity index (χ1n) is 3.90. The fourth-order valence-electron chi connectivity index (χ4n) is 0.917. The largest absolute Gasteiger partial charge is 0.424 e. The minimum Gasteiger partial charge on any atom is -0.424 e. The van der Waals surface area contributed by atoms with Crippen LogP contribution in [0.2, 0.25) is 5.02 Å². The highest BCUT2D eigenvalue weighted by molar-refractivity contribution is 6.30. The van der Waals surface area contributed by atoms with Crippen molar-refractivity contribution in [2.45, 2.75) is 0 Å². The lowest BCUT2D eigenvalue weighted by atomic mass is 10.3. The molecule has 0 aliphatic rings. The van der Waals surface area contributed by atoms with Crippen LogP contribution < -0.4 is 4.74 Å². The third-order valence-electron chi connectivity index (χ3n) is 1.47. The second-order valence-electron chi connectivity index (χ2n) is 2.48. The van der Waals surface area contributed by atoms with Crippen molar-refractivity contribution in [2.24, 2.45) is 0 Å². The molecule has 0 N–H and O–H groups in total. The summed E-state index contributed by atoms with van der Waals surface area (Å²) in [5.74, 6) is 0.601. The molecule has 2 rings (SSSR count). The van der Waals surface area contributed by atoms with E-state index in [0.717, 1.165) is 0 Å². The molecule has 0 saturated carbocycles. The molecule has 0 bridgehead atoms. The van der Waals surface area contributed by atoms with Gasteiger partial charge in [0, 0.05) is 5.02 Å². The average molecular weight is 208 g/mol. The maximum Gasteiger partial charge on any atom is 0.324 e. The van der Waals surface area contributed by atoms with E-state index in [4.69, 9.17) is 16.3 Å². The summed E-state index contributed by atoms with van der Waals surface area (Å²) in [6, 6.07) is 7.27. The van der Waals surface area contributed by atoms with Crippen LogP contribution in [0.4, 0.5) is 0 Å². The van der Waals surface area contributed by atoms with E-state index in [1.165, 1.54) is 12.7 Å². The molecule has 1 aromatic carbocycles. The SMILES string of the molecule is Clc1cccc(Oc2ncncn2)c1. The van der Waals surface area contributed by atoms with Crippen LogP contribution in [0.25, 0.3) is 0 Å². The number of ether oxygens (including phenoxy) is 1. The summed E-state index contributed by atoms with van der Waals surface area (Å²) < 4.78 is 5.31. The summed E-state index contributed by atoms with van der Waals surface area (Å²) in [4.78, 5) is 11.3. The Morgan fingerprint density at radius 3 is 2.64 bits per heavy atom. The van der Waals surface area contributed by atoms with E-state index in [-0.39, 0.29) is 6.01 Å². The molecule has 0 aliphatic heterocycles. The van der Waals surface area contributed by atoms with Crippen molar-refractivity contribution in [3.05, 3.63) is 41.9 Å². The van der Waals surface area contributed by atoms with Crippen LogP contribution in [0.3, 0.4) is 0 Å². The second kappa shape index (κ2) is 4.02. The summed E-state index contributed by atoms with van der Waals surface area (Å²) in [6.07, 6.45) is 2.74. The van der Waals surface area contributed by atoms with Gasteiger partial charge in [0.05, 0.1) is 0 Å². The number of hydrogen-bond acceptors (Lipinski definition) is 4. The molecule has 4 nitrogen and oxygen atoms in total. The van der Waals surface area contributed by atoms with Gasteiger partial charge in [0.2, 0.25) is 0 Å². The first-order valence-corrected chi connectivity index (χ1v) is 4.28. The summed E-state index contributed by atoms with van der Waals surface area (Å²) in [7, 11) is 0. The van der Waals surface area contributed by atoms with Crippen molar-refractivity contribution in [3.63, 3.8) is 0 Å². The lowest BCUT2D eigenvalue weighted by Gasteiger charge is -2.01. The molecule has 0 aliphatic carbocycles. The van der Waals surface area contributed by atoms with Crippen molar-refractivity contribution in [1.29, 1.82) is 0 Å². The molecule has 0 atom stereocenters. The lowest BCUT2D eigenvalue weighted by Crippen LogP contribution is -1.91. The molecule has 70 valence electrons. The minimum absolute atomic E-state index is 0.252. The Hall–Kier alpha value is -1.68. The Morgan fingerprint density at radius 2 is 1.93 bits per heavy atom. The maximum absolute atomic E-state index is 5.78. The van der Waals surface area contributed by atoms with Crippen molar-refractivity contribution in [2.75, 3.05) is 0 Å². The molecule has 0 fully saturated rings. The van der Waals surface area contributed by atoms with Gasteiger partial charge in [0.25, 0.3) is 0 Å². The summed E-state index contributed by atoms with van der Waals surface area (Å²) in [6.45, 7) is 0. The van der Waals surface area contributed by atoms with E-state index in [0.29, 0.717) is 10.8 Å². The van der Waals surface area contributed by atoms with Gasteiger partial charge in [0.15, 0.2) is 0 Å². The second-order valence-corrected chi connectivity index (χ2v) is 2.92. The minimum atomic E-state index is 0.252. The Kier molecular flexibility index (Phi) is 2.55. The van der Waals surface area contributed by atoms with Gasteiger partial charge in [-0.25, -0.2) is 4.98 Å². The third-order valence-corrected chi connectivity index (χ3v) is 1.71. The molecule has 1 aromatic heterocycles. The van der Waals surface area contributed by atoms with Crippen LogP contribution in [-0.2, 0) is 0 Å². The highest BCUT2D eigenvalue weighted by Crippen LogP contribution is 2.20. The Bertz CT molecular complexity index is 421. The molecule has 14 heavy (non-hydrogen) atoms. The number of aromatic nitrogens is 3. The Morgan fingerprint density at radius 1 is 1.14 bits per heavy atom. The topological polar surface area (TPSA) is 47.9 Å². The van der Waals surface area contributed by atoms with Crippen LogP contribution in [0.1, 0.15) is 0 Å². The maximum atomic E-state index is 5.78. The number of nitrogens with zero attached hydrogens (tertiary/aromatic N) is 3. The van der Waals surface area contributed by atoms with Crippen LogP contribution in [0.5, 0.6) is 11.8 Å². The molecular weight excluding hydrogens is 202 g/mol. The lowest BCUT2D eigenvalue weighted by molar-refractivity contribution is 0.439. The van der Waals surface area contributed by atoms with Crippen molar-refractivity contribution in [3.8, 4) is 11.8 Å². The van der Waals surface area contributed by atoms with Crippen LogP contribution >= 0.6 is 11.6 Å². The van der Waals surface area contributed by atoms with Crippen LogP contribution in [0, 0.1) is 0 Å². The zero-order valence-corrected chi connectivity index (χ0v) is 7.85. The zero-order chi connectivity index (χ0) is 9.80. The fourth-order valence-corrected chi connectivity index (χ4v) is 1.10. The molecule has 0 saturated heterocycles. The smallest absolute Gasteiger partial charge is 0.324 e. The molecule has 2 aromatic rings. The molecule has 0 unspecified atom stereocenters. The third kappa shape index (κ3) is 2.17. The molecule has 0 radical (unpaired) electrons. The Balaban J connectivity index is 2.19. The van der Waals surface area contributed by atoms with Gasteiger partial charge in [-0.05, 0) is 18.2 Å². The Labute approximate surface area is 85.6 Å². The highest BCUT2D eigenvalue weighted by Gasteiger charge is 1.98. The van der Waals surface area contributed by atoms with E-state index in [1.807, 2.05) is 0 Å². The predicted molar refractivity (Wildman–Crippen MR) is 51.4 cm³/mol. The number of hydrogen-bond donors (Lipinski definition) is 0. The number of halogens is 1. The molecular formula is C9H6ClN3O. The van der Waals surface area contributed by atoms with E-state index in [2.05, 4.69) is 15.0 Å². The first kappa shape index (κ1) is 8.90. The summed E-state index contributed by atoms with van der Waals surface area (Å²) >= 11 is 5.78. The fraction of sp³-hybridized carbons (Fsp3) is 0. The summed E-state index contributed by atoms with van der Waals surface area (Å²) in [5, 5.41) is 0.608. The van der Waals surface area contributed by atoms with Crippen molar-refractivity contribution < 1.29 is 4.74 Å². The van der Waals surface area contributed by atoms with Gasteiger partial charge in [0.1, 0.15) is 18.4 Å². The molecule has 0 spiro atoms. The summed E-state index contributed by atoms with van der Waals surface area (Å²) in [5.41, 5.74) is 0. The van der Waals surface area contributed by atoms with Gasteiger partial charge in [-0.3, -0.25) is 0 Å². The van der Waals surface area contributed by atoms with Gasteiger partial charge >= 0.3 is 6.01 Å². The van der Waals surface area contributed by atoms with E-state index in [9.17, 15) is 0 Å². The number of rotatable bonds is 2. The highest BCUT2D eigenvalue weighted by atomic mass is 35.5. The zero-order valence-electron chi connectivity index (χ0n) is 7.09. The standard InChI is InChI=1S/C9H6ClN3O/c10-7-2-1-3-8(4-7)14-9-12-5-11-6-13-9/h1-6H. The molecule has 5 heteroatoms. The van der Waals surface area contributed by atoms with Crippen LogP contribution in [-0.4, -0.2) is 15.0 Å². The van der Waals surface area contributed by atoms with Gasteiger partial charge in [-0.15, -0.1) is 0 Å². The predicted octanol–water partition coefficient (Wildman–Crippen LogP) is 2.32. The van der Waals surface area contributed by atoms with Gasteiger partial charge in [-0.2, -0.15) is 9.97 Å². The molecule has 1 heterocycles. The first-order chi connectivity index (χ1) is 6.84. The monoisotopic (exact) mass is 207 g/mol. The normalized spacial score (nSPS) is 9.79. The quantitative estimate of drug-likeness (QED) is 0.758. The van der Waals surface area contributed by atoms with Crippen LogP contribution in [0.15, 0.2) is 36.9 Å². The van der Waals surface area contributed by atoms with Crippen molar-refractivity contribution >= 4 is 11.6 Å². The van der Waals surface area contributed by atoms with Gasteiger partial charge in [-0.1, -0.05) is 17.7 Å². The number of benzene rings is 1. The van der Waals surface area contributed by atoms with E-state index in [1.54, 1.807) is 24.3 Å².